The van der Waals surface area contributed by atoms with Gasteiger partial charge in [0.15, 0.2) is 0 Å². The van der Waals surface area contributed by atoms with Crippen LogP contribution in [0.15, 0.2) is 48.5 Å². The lowest BCUT2D eigenvalue weighted by Crippen LogP contribution is -2.60. The van der Waals surface area contributed by atoms with Crippen LogP contribution in [-0.2, 0) is 22.2 Å². The van der Waals surface area contributed by atoms with E-state index in [0.717, 1.165) is 17.0 Å². The maximum absolute atomic E-state index is 13.1. The molecule has 6 nitrogen and oxygen atoms in total. The number of carbonyl (C=O) groups is 3. The molecule has 29 heavy (non-hydrogen) atoms. The van der Waals surface area contributed by atoms with E-state index in [0.29, 0.717) is 0 Å². The second kappa shape index (κ2) is 7.32. The molecule has 0 saturated heterocycles. The van der Waals surface area contributed by atoms with Crippen molar-refractivity contribution < 1.29 is 32.4 Å². The summed E-state index contributed by atoms with van der Waals surface area (Å²) in [6, 6.07) is 10.4. The van der Waals surface area contributed by atoms with E-state index in [4.69, 9.17) is 0 Å². The van der Waals surface area contributed by atoms with Gasteiger partial charge in [-0.15, -0.1) is 0 Å². The minimum atomic E-state index is -4.57. The zero-order chi connectivity index (χ0) is 21.4. The van der Waals surface area contributed by atoms with E-state index in [-0.39, 0.29) is 23.1 Å². The van der Waals surface area contributed by atoms with Crippen LogP contribution in [0.3, 0.4) is 0 Å². The van der Waals surface area contributed by atoms with Crippen molar-refractivity contribution in [3.8, 4) is 0 Å². The number of hydroxylamine groups is 1. The summed E-state index contributed by atoms with van der Waals surface area (Å²) in [5, 5.41) is 0. The highest BCUT2D eigenvalue weighted by molar-refractivity contribution is 6.23. The molecular weight excluding hydrogens is 389 g/mol. The standard InChI is InChI=1S/C20H17F3N2O4/c1-19(18(28)24-29-2,11-12-6-5-7-13(10-12)20(21,22)23)25-16(26)14-8-3-4-9-15(14)17(25)27/h3-10H,11H2,1-2H3,(H,24,28)/t19-/m0/s1. The Morgan fingerprint density at radius 3 is 2.14 bits per heavy atom. The number of rotatable bonds is 5. The highest BCUT2D eigenvalue weighted by Gasteiger charge is 2.51. The lowest BCUT2D eigenvalue weighted by molar-refractivity contribution is -0.140. The zero-order valence-corrected chi connectivity index (χ0v) is 15.5. The van der Waals surface area contributed by atoms with E-state index in [1.807, 2.05) is 0 Å². The predicted molar refractivity (Wildman–Crippen MR) is 95.6 cm³/mol. The molecule has 2 aromatic carbocycles. The van der Waals surface area contributed by atoms with Crippen molar-refractivity contribution in [2.24, 2.45) is 0 Å². The highest BCUT2D eigenvalue weighted by Crippen LogP contribution is 2.34. The van der Waals surface area contributed by atoms with Crippen LogP contribution in [0.5, 0.6) is 0 Å². The van der Waals surface area contributed by atoms with E-state index < -0.39 is 35.0 Å². The van der Waals surface area contributed by atoms with E-state index in [9.17, 15) is 27.6 Å². The molecule has 1 aliphatic heterocycles. The van der Waals surface area contributed by atoms with Crippen LogP contribution < -0.4 is 5.48 Å². The minimum Gasteiger partial charge on any atom is -0.277 e. The summed E-state index contributed by atoms with van der Waals surface area (Å²) in [7, 11) is 1.17. The van der Waals surface area contributed by atoms with Gasteiger partial charge in [-0.3, -0.25) is 24.1 Å². The fourth-order valence-corrected chi connectivity index (χ4v) is 3.36. The molecule has 0 unspecified atom stereocenters. The van der Waals surface area contributed by atoms with Gasteiger partial charge in [-0.05, 0) is 30.7 Å². The Balaban J connectivity index is 2.05. The minimum absolute atomic E-state index is 0.123. The van der Waals surface area contributed by atoms with Crippen LogP contribution in [0.2, 0.25) is 0 Å². The molecule has 0 fully saturated rings. The third kappa shape index (κ3) is 3.61. The number of amides is 3. The van der Waals surface area contributed by atoms with Gasteiger partial charge in [-0.25, -0.2) is 5.48 Å². The Bertz CT molecular complexity index is 955. The summed E-state index contributed by atoms with van der Waals surface area (Å²) >= 11 is 0. The maximum atomic E-state index is 13.1. The first kappa shape index (κ1) is 20.5. The molecule has 0 radical (unpaired) electrons. The smallest absolute Gasteiger partial charge is 0.277 e. The molecule has 0 bridgehead atoms. The number of benzene rings is 2. The molecule has 1 heterocycles. The van der Waals surface area contributed by atoms with E-state index in [1.165, 1.54) is 38.3 Å². The first-order chi connectivity index (χ1) is 13.6. The molecule has 152 valence electrons. The first-order valence-electron chi connectivity index (χ1n) is 8.57. The number of fused-ring (bicyclic) bond motifs is 1. The number of carbonyl (C=O) groups excluding carboxylic acids is 3. The van der Waals surface area contributed by atoms with Crippen molar-refractivity contribution in [3.05, 3.63) is 70.8 Å². The van der Waals surface area contributed by atoms with Gasteiger partial charge in [-0.1, -0.05) is 30.3 Å². The summed E-state index contributed by atoms with van der Waals surface area (Å²) in [6.45, 7) is 1.31. The molecule has 0 spiro atoms. The van der Waals surface area contributed by atoms with Crippen LogP contribution in [0, 0.1) is 0 Å². The van der Waals surface area contributed by atoms with Crippen LogP contribution in [0.4, 0.5) is 13.2 Å². The van der Waals surface area contributed by atoms with E-state index in [1.54, 1.807) is 12.1 Å². The molecule has 3 amide bonds. The van der Waals surface area contributed by atoms with Crippen molar-refractivity contribution in [2.75, 3.05) is 7.11 Å². The summed E-state index contributed by atoms with van der Waals surface area (Å²) in [6.07, 6.45) is -4.91. The van der Waals surface area contributed by atoms with Gasteiger partial charge in [0, 0.05) is 6.42 Å². The number of nitrogens with one attached hydrogen (secondary N) is 1. The third-order valence-electron chi connectivity index (χ3n) is 4.77. The topological polar surface area (TPSA) is 75.7 Å². The summed E-state index contributed by atoms with van der Waals surface area (Å²) in [5.41, 5.74) is -0.258. The van der Waals surface area contributed by atoms with Gasteiger partial charge in [0.05, 0.1) is 23.8 Å². The number of alkyl halides is 3. The Morgan fingerprint density at radius 2 is 1.62 bits per heavy atom. The number of nitrogens with zero attached hydrogens (tertiary/aromatic N) is 1. The molecule has 0 aliphatic carbocycles. The van der Waals surface area contributed by atoms with Crippen LogP contribution >= 0.6 is 0 Å². The highest BCUT2D eigenvalue weighted by atomic mass is 19.4. The molecule has 1 atom stereocenters. The van der Waals surface area contributed by atoms with E-state index >= 15 is 0 Å². The van der Waals surface area contributed by atoms with Gasteiger partial charge in [0.25, 0.3) is 17.7 Å². The third-order valence-corrected chi connectivity index (χ3v) is 4.77. The average Bonchev–Trinajstić information content (AvgIpc) is 2.93. The average molecular weight is 406 g/mol. The van der Waals surface area contributed by atoms with Gasteiger partial charge >= 0.3 is 6.18 Å². The number of hydrogen-bond acceptors (Lipinski definition) is 4. The Labute approximate surface area is 164 Å². The number of hydrogen-bond donors (Lipinski definition) is 1. The largest absolute Gasteiger partial charge is 0.416 e. The Morgan fingerprint density at radius 1 is 1.03 bits per heavy atom. The molecule has 1 N–H and O–H groups in total. The maximum Gasteiger partial charge on any atom is 0.416 e. The van der Waals surface area contributed by atoms with Gasteiger partial charge in [0.1, 0.15) is 5.54 Å². The van der Waals surface area contributed by atoms with E-state index in [2.05, 4.69) is 10.3 Å². The molecule has 9 heteroatoms. The molecule has 3 rings (SSSR count). The normalized spacial score (nSPS) is 15.8. The second-order valence-corrected chi connectivity index (χ2v) is 6.78. The lowest BCUT2D eigenvalue weighted by Gasteiger charge is -2.35. The summed E-state index contributed by atoms with van der Waals surface area (Å²) < 4.78 is 39.2. The fourth-order valence-electron chi connectivity index (χ4n) is 3.36. The van der Waals surface area contributed by atoms with Crippen LogP contribution in [-0.4, -0.2) is 35.3 Å². The number of halogens is 3. The molecule has 2 aromatic rings. The fraction of sp³-hybridized carbons (Fsp3) is 0.250. The SMILES string of the molecule is CONC(=O)[C@](C)(Cc1cccc(C(F)(F)F)c1)N1C(=O)c2ccccc2C1=O. The van der Waals surface area contributed by atoms with Crippen molar-refractivity contribution in [2.45, 2.75) is 25.1 Å². The van der Waals surface area contributed by atoms with Crippen LogP contribution in [0.1, 0.15) is 38.8 Å². The van der Waals surface area contributed by atoms with Gasteiger partial charge in [0.2, 0.25) is 0 Å². The molecule has 0 saturated carbocycles. The molecule has 1 aliphatic rings. The van der Waals surface area contributed by atoms with Gasteiger partial charge in [-0.2, -0.15) is 13.2 Å². The lowest BCUT2D eigenvalue weighted by atomic mass is 9.89. The molecule has 0 aromatic heterocycles. The summed E-state index contributed by atoms with van der Waals surface area (Å²) in [5.74, 6) is -2.25. The predicted octanol–water partition coefficient (Wildman–Crippen LogP) is 2.98. The van der Waals surface area contributed by atoms with Crippen molar-refractivity contribution >= 4 is 17.7 Å². The first-order valence-corrected chi connectivity index (χ1v) is 8.57. The summed E-state index contributed by atoms with van der Waals surface area (Å²) in [4.78, 5) is 44.0. The van der Waals surface area contributed by atoms with Crippen LogP contribution in [0.25, 0.3) is 0 Å². The second-order valence-electron chi connectivity index (χ2n) is 6.78. The molecular formula is C20H17F3N2O4. The zero-order valence-electron chi connectivity index (χ0n) is 15.5. The van der Waals surface area contributed by atoms with Crippen molar-refractivity contribution in [1.29, 1.82) is 0 Å². The Kier molecular flexibility index (Phi) is 5.18. The Hall–Kier alpha value is -3.20. The van der Waals surface area contributed by atoms with Crippen molar-refractivity contribution in [3.63, 3.8) is 0 Å². The number of imide groups is 1. The van der Waals surface area contributed by atoms with Gasteiger partial charge < -0.3 is 0 Å². The van der Waals surface area contributed by atoms with Crippen molar-refractivity contribution in [1.82, 2.24) is 10.4 Å². The monoisotopic (exact) mass is 406 g/mol. The quantitative estimate of drug-likeness (QED) is 0.612.